The van der Waals surface area contributed by atoms with Crippen molar-refractivity contribution in [2.45, 2.75) is 49.7 Å². The van der Waals surface area contributed by atoms with Gasteiger partial charge in [0.25, 0.3) is 0 Å². The average Bonchev–Trinajstić information content (AvgIpc) is 3.38. The van der Waals surface area contributed by atoms with Crippen molar-refractivity contribution in [1.82, 2.24) is 14.8 Å². The van der Waals surface area contributed by atoms with E-state index in [0.29, 0.717) is 5.91 Å². The maximum Gasteiger partial charge on any atom is 0.225 e. The minimum atomic E-state index is -0.0747. The number of amides is 1. The van der Waals surface area contributed by atoms with Gasteiger partial charge >= 0.3 is 0 Å². The highest BCUT2D eigenvalue weighted by Crippen LogP contribution is 2.54. The van der Waals surface area contributed by atoms with Gasteiger partial charge in [0.05, 0.1) is 18.7 Å². The van der Waals surface area contributed by atoms with Gasteiger partial charge in [0.1, 0.15) is 5.01 Å². The summed E-state index contributed by atoms with van der Waals surface area (Å²) in [5, 5.41) is 13.3. The lowest BCUT2D eigenvalue weighted by atomic mass is 9.60. The summed E-state index contributed by atoms with van der Waals surface area (Å²) < 4.78 is 0. The van der Waals surface area contributed by atoms with E-state index < -0.39 is 0 Å². The van der Waals surface area contributed by atoms with Crippen molar-refractivity contribution in [3.05, 3.63) is 52.5 Å². The lowest BCUT2D eigenvalue weighted by molar-refractivity contribution is -0.202. The van der Waals surface area contributed by atoms with E-state index in [-0.39, 0.29) is 30.0 Å². The third kappa shape index (κ3) is 2.81. The highest BCUT2D eigenvalue weighted by molar-refractivity contribution is 7.09. The standard InChI is InChI=1S/C22H27N3O2S/c26-13-18-20(16-6-2-1-3-7-16)22(25(18)12-19-23-10-11-28-19)14-24(15-22)21(27)17-8-4-5-9-17/h1-3,6-7,10-11,17-18,20,26H,4-5,8-9,12-15H2/t18-,20-/m1/s1. The molecule has 5 rings (SSSR count). The van der Waals surface area contributed by atoms with Crippen LogP contribution in [0.25, 0.3) is 0 Å². The number of hydrogen-bond donors (Lipinski definition) is 1. The fraction of sp³-hybridized carbons (Fsp3) is 0.545. The number of rotatable bonds is 5. The number of nitrogens with zero attached hydrogens (tertiary/aromatic N) is 3. The Hall–Kier alpha value is -1.76. The van der Waals surface area contributed by atoms with E-state index in [1.807, 2.05) is 17.6 Å². The summed E-state index contributed by atoms with van der Waals surface area (Å²) in [5.74, 6) is 0.830. The van der Waals surface area contributed by atoms with Crippen LogP contribution < -0.4 is 0 Å². The molecule has 2 aromatic rings. The van der Waals surface area contributed by atoms with Crippen molar-refractivity contribution < 1.29 is 9.90 Å². The number of carbonyl (C=O) groups excluding carboxylic acids is 1. The number of likely N-dealkylation sites (tertiary alicyclic amines) is 2. The molecule has 1 N–H and O–H groups in total. The van der Waals surface area contributed by atoms with E-state index >= 15 is 0 Å². The third-order valence-corrected chi connectivity index (χ3v) is 7.78. The Bertz CT molecular complexity index is 814. The average molecular weight is 398 g/mol. The van der Waals surface area contributed by atoms with E-state index in [9.17, 15) is 9.90 Å². The lowest BCUT2D eigenvalue weighted by Crippen LogP contribution is -2.84. The van der Waals surface area contributed by atoms with Gasteiger partial charge in [-0.3, -0.25) is 9.69 Å². The fourth-order valence-corrected chi connectivity index (χ4v) is 6.31. The van der Waals surface area contributed by atoms with Crippen LogP contribution in [0.4, 0.5) is 0 Å². The Balaban J connectivity index is 1.40. The summed E-state index contributed by atoms with van der Waals surface area (Å²) in [6.07, 6.45) is 6.31. The molecule has 1 aliphatic carbocycles. The minimum Gasteiger partial charge on any atom is -0.395 e. The molecule has 0 unspecified atom stereocenters. The zero-order chi connectivity index (χ0) is 19.1. The van der Waals surface area contributed by atoms with Crippen molar-refractivity contribution in [3.8, 4) is 0 Å². The smallest absolute Gasteiger partial charge is 0.225 e. The number of aromatic nitrogens is 1. The lowest BCUT2D eigenvalue weighted by Gasteiger charge is -2.70. The molecule has 2 aliphatic heterocycles. The van der Waals surface area contributed by atoms with E-state index in [1.54, 1.807) is 11.3 Å². The van der Waals surface area contributed by atoms with Gasteiger partial charge < -0.3 is 10.0 Å². The summed E-state index contributed by atoms with van der Waals surface area (Å²) in [7, 11) is 0. The molecule has 3 fully saturated rings. The minimum absolute atomic E-state index is 0.0747. The molecule has 0 bridgehead atoms. The summed E-state index contributed by atoms with van der Waals surface area (Å²) >= 11 is 1.66. The van der Waals surface area contributed by atoms with Gasteiger partial charge in [-0.25, -0.2) is 4.98 Å². The molecule has 1 saturated carbocycles. The van der Waals surface area contributed by atoms with Crippen LogP contribution in [0.5, 0.6) is 0 Å². The van der Waals surface area contributed by atoms with E-state index in [2.05, 4.69) is 39.0 Å². The van der Waals surface area contributed by atoms with Gasteiger partial charge in [-0.05, 0) is 18.4 Å². The molecule has 2 atom stereocenters. The number of hydrogen-bond acceptors (Lipinski definition) is 5. The highest BCUT2D eigenvalue weighted by atomic mass is 32.1. The molecule has 1 amide bonds. The van der Waals surface area contributed by atoms with Gasteiger partial charge in [-0.15, -0.1) is 11.3 Å². The molecule has 1 spiro atoms. The molecule has 148 valence electrons. The normalized spacial score (nSPS) is 27.0. The number of thiazole rings is 1. The molecule has 1 aromatic heterocycles. The Morgan fingerprint density at radius 2 is 1.96 bits per heavy atom. The predicted octanol–water partition coefficient (Wildman–Crippen LogP) is 2.87. The van der Waals surface area contributed by atoms with Crippen LogP contribution in [0.15, 0.2) is 41.9 Å². The molecule has 0 radical (unpaired) electrons. The summed E-state index contributed by atoms with van der Waals surface area (Å²) in [6, 6.07) is 10.6. The molecular weight excluding hydrogens is 370 g/mol. The van der Waals surface area contributed by atoms with E-state index in [0.717, 1.165) is 37.5 Å². The number of aliphatic hydroxyl groups excluding tert-OH is 1. The molecular formula is C22H27N3O2S. The zero-order valence-electron chi connectivity index (χ0n) is 16.0. The van der Waals surface area contributed by atoms with Gasteiger partial charge in [0.15, 0.2) is 0 Å². The summed E-state index contributed by atoms with van der Waals surface area (Å²) in [5.41, 5.74) is 1.19. The van der Waals surface area contributed by atoms with Crippen LogP contribution in [0, 0.1) is 5.92 Å². The van der Waals surface area contributed by atoms with Crippen LogP contribution in [-0.2, 0) is 11.3 Å². The van der Waals surface area contributed by atoms with E-state index in [4.69, 9.17) is 0 Å². The molecule has 1 aromatic carbocycles. The molecule has 6 heteroatoms. The SMILES string of the molecule is O=C(C1CCCC1)N1CC2(C1)[C@H](c1ccccc1)[C@@H](CO)N2Cc1nccs1. The first kappa shape index (κ1) is 18.3. The van der Waals surface area contributed by atoms with Crippen molar-refractivity contribution in [3.63, 3.8) is 0 Å². The largest absolute Gasteiger partial charge is 0.395 e. The second kappa shape index (κ2) is 7.25. The number of carbonyl (C=O) groups is 1. The molecule has 2 saturated heterocycles. The molecule has 5 nitrogen and oxygen atoms in total. The van der Waals surface area contributed by atoms with Crippen LogP contribution in [0.1, 0.15) is 42.2 Å². The second-order valence-corrected chi connectivity index (χ2v) is 9.45. The van der Waals surface area contributed by atoms with E-state index in [1.165, 1.54) is 18.4 Å². The zero-order valence-corrected chi connectivity index (χ0v) is 16.9. The van der Waals surface area contributed by atoms with Crippen molar-refractivity contribution in [1.29, 1.82) is 0 Å². The first-order valence-electron chi connectivity index (χ1n) is 10.3. The van der Waals surface area contributed by atoms with Crippen LogP contribution in [0.3, 0.4) is 0 Å². The Kier molecular flexibility index (Phi) is 4.73. The topological polar surface area (TPSA) is 56.7 Å². The maximum atomic E-state index is 12.9. The highest BCUT2D eigenvalue weighted by Gasteiger charge is 2.66. The number of aliphatic hydroxyl groups is 1. The Labute approximate surface area is 170 Å². The quantitative estimate of drug-likeness (QED) is 0.843. The van der Waals surface area contributed by atoms with Crippen molar-refractivity contribution >= 4 is 17.2 Å². The fourth-order valence-electron chi connectivity index (χ4n) is 5.69. The molecule has 3 heterocycles. The Morgan fingerprint density at radius 3 is 2.61 bits per heavy atom. The molecule has 3 aliphatic rings. The van der Waals surface area contributed by atoms with Gasteiger partial charge in [0, 0.05) is 42.5 Å². The maximum absolute atomic E-state index is 12.9. The van der Waals surface area contributed by atoms with Gasteiger partial charge in [0.2, 0.25) is 5.91 Å². The van der Waals surface area contributed by atoms with Crippen LogP contribution >= 0.6 is 11.3 Å². The predicted molar refractivity (Wildman–Crippen MR) is 109 cm³/mol. The first-order chi connectivity index (χ1) is 13.7. The number of benzene rings is 1. The van der Waals surface area contributed by atoms with Gasteiger partial charge in [-0.2, -0.15) is 0 Å². The first-order valence-corrected chi connectivity index (χ1v) is 11.2. The monoisotopic (exact) mass is 397 g/mol. The van der Waals surface area contributed by atoms with Crippen molar-refractivity contribution in [2.24, 2.45) is 5.92 Å². The Morgan fingerprint density at radius 1 is 1.21 bits per heavy atom. The van der Waals surface area contributed by atoms with Crippen LogP contribution in [-0.4, -0.2) is 57.1 Å². The molecule has 28 heavy (non-hydrogen) atoms. The van der Waals surface area contributed by atoms with Crippen LogP contribution in [0.2, 0.25) is 0 Å². The van der Waals surface area contributed by atoms with Gasteiger partial charge in [-0.1, -0.05) is 43.2 Å². The summed E-state index contributed by atoms with van der Waals surface area (Å²) in [6.45, 7) is 2.41. The van der Waals surface area contributed by atoms with Crippen molar-refractivity contribution in [2.75, 3.05) is 19.7 Å². The second-order valence-electron chi connectivity index (χ2n) is 8.47. The summed E-state index contributed by atoms with van der Waals surface area (Å²) in [4.78, 5) is 21.8. The third-order valence-electron chi connectivity index (χ3n) is 7.02.